The van der Waals surface area contributed by atoms with Gasteiger partial charge in [0, 0.05) is 15.8 Å². The van der Waals surface area contributed by atoms with Crippen LogP contribution in [0.3, 0.4) is 0 Å². The van der Waals surface area contributed by atoms with E-state index in [0.717, 1.165) is 3.57 Å². The highest BCUT2D eigenvalue weighted by atomic mass is 127. The number of carbonyl (C=O) groups is 1. The Kier molecular flexibility index (Phi) is 5.84. The molecule has 0 aliphatic heterocycles. The summed E-state index contributed by atoms with van der Waals surface area (Å²) in [5.74, 6) is 1.67. The van der Waals surface area contributed by atoms with E-state index in [1.54, 1.807) is 48.7 Å². The highest BCUT2D eigenvalue weighted by Gasteiger charge is 2.07. The zero-order valence-electron chi connectivity index (χ0n) is 13.1. The Balaban J connectivity index is 1.50. The molecule has 0 saturated heterocycles. The molecule has 3 rings (SSSR count). The van der Waals surface area contributed by atoms with Crippen molar-refractivity contribution in [1.29, 1.82) is 0 Å². The summed E-state index contributed by atoms with van der Waals surface area (Å²) in [5.41, 5.74) is 0. The first-order valence-corrected chi connectivity index (χ1v) is 8.55. The molecule has 0 N–H and O–H groups in total. The zero-order valence-corrected chi connectivity index (χ0v) is 15.3. The number of rotatable bonds is 6. The van der Waals surface area contributed by atoms with Gasteiger partial charge in [-0.05, 0) is 77.2 Å². The molecule has 0 spiro atoms. The lowest BCUT2D eigenvalue weighted by atomic mass is 10.3. The summed E-state index contributed by atoms with van der Waals surface area (Å²) in [5, 5.41) is 0. The molecule has 0 amide bonds. The minimum Gasteiger partial charge on any atom is -0.482 e. The minimum atomic E-state index is -0.475. The molecule has 126 valence electrons. The summed E-state index contributed by atoms with van der Waals surface area (Å²) >= 11 is 2.20. The van der Waals surface area contributed by atoms with Gasteiger partial charge in [-0.3, -0.25) is 0 Å². The lowest BCUT2D eigenvalue weighted by Crippen LogP contribution is -2.17. The number of esters is 1. The maximum atomic E-state index is 11.8. The van der Waals surface area contributed by atoms with E-state index in [-0.39, 0.29) is 6.61 Å². The maximum absolute atomic E-state index is 11.8. The molecule has 6 heteroatoms. The fourth-order valence-corrected chi connectivity index (χ4v) is 2.30. The maximum Gasteiger partial charge on any atom is 0.349 e. The second kappa shape index (κ2) is 8.48. The lowest BCUT2D eigenvalue weighted by molar-refractivity contribution is -0.136. The van der Waals surface area contributed by atoms with E-state index in [4.69, 9.17) is 14.2 Å². The number of nitrogens with zero attached hydrogens (tertiary/aromatic N) is 1. The SMILES string of the molecule is O=C(COc1ccc(I)cc1)Oc1ccc(Oc2ccccn2)cc1. The molecule has 1 aromatic heterocycles. The molecule has 2 aromatic carbocycles. The first-order chi connectivity index (χ1) is 12.2. The van der Waals surface area contributed by atoms with Gasteiger partial charge < -0.3 is 14.2 Å². The molecule has 0 unspecified atom stereocenters. The predicted octanol–water partition coefficient (Wildman–Crippen LogP) is 4.46. The van der Waals surface area contributed by atoms with Gasteiger partial charge in [0.25, 0.3) is 0 Å². The Morgan fingerprint density at radius 1 is 0.880 bits per heavy atom. The Labute approximate surface area is 158 Å². The standard InChI is InChI=1S/C19H14INO4/c20-14-4-6-15(7-5-14)23-13-19(22)25-17-10-8-16(9-11-17)24-18-3-1-2-12-21-18/h1-12H,13H2. The van der Waals surface area contributed by atoms with Gasteiger partial charge in [0.1, 0.15) is 17.2 Å². The van der Waals surface area contributed by atoms with Gasteiger partial charge >= 0.3 is 5.97 Å². The van der Waals surface area contributed by atoms with Gasteiger partial charge in [-0.2, -0.15) is 0 Å². The molecule has 0 atom stereocenters. The van der Waals surface area contributed by atoms with Crippen molar-refractivity contribution >= 4 is 28.6 Å². The van der Waals surface area contributed by atoms with Crippen molar-refractivity contribution in [3.8, 4) is 23.1 Å². The molecule has 0 aliphatic rings. The van der Waals surface area contributed by atoms with E-state index in [1.807, 2.05) is 24.3 Å². The van der Waals surface area contributed by atoms with Gasteiger partial charge in [0.05, 0.1) is 0 Å². The first-order valence-electron chi connectivity index (χ1n) is 7.47. The number of hydrogen-bond acceptors (Lipinski definition) is 5. The van der Waals surface area contributed by atoms with Crippen LogP contribution in [0.5, 0.6) is 23.1 Å². The van der Waals surface area contributed by atoms with E-state index in [9.17, 15) is 4.79 Å². The van der Waals surface area contributed by atoms with Crippen LogP contribution in [0.4, 0.5) is 0 Å². The van der Waals surface area contributed by atoms with E-state index in [0.29, 0.717) is 23.1 Å². The van der Waals surface area contributed by atoms with Crippen molar-refractivity contribution in [2.75, 3.05) is 6.61 Å². The van der Waals surface area contributed by atoms with Crippen molar-refractivity contribution in [3.63, 3.8) is 0 Å². The third kappa shape index (κ3) is 5.46. The highest BCUT2D eigenvalue weighted by molar-refractivity contribution is 14.1. The topological polar surface area (TPSA) is 57.7 Å². The van der Waals surface area contributed by atoms with Crippen molar-refractivity contribution in [1.82, 2.24) is 4.98 Å². The molecule has 0 radical (unpaired) electrons. The van der Waals surface area contributed by atoms with Gasteiger partial charge in [-0.15, -0.1) is 0 Å². The van der Waals surface area contributed by atoms with E-state index >= 15 is 0 Å². The van der Waals surface area contributed by atoms with Crippen LogP contribution in [0, 0.1) is 3.57 Å². The molecule has 3 aromatic rings. The summed E-state index contributed by atoms with van der Waals surface area (Å²) in [6, 6.07) is 19.5. The van der Waals surface area contributed by atoms with Crippen LogP contribution < -0.4 is 14.2 Å². The van der Waals surface area contributed by atoms with E-state index in [2.05, 4.69) is 27.6 Å². The van der Waals surface area contributed by atoms with Gasteiger partial charge in [0.2, 0.25) is 5.88 Å². The van der Waals surface area contributed by atoms with Crippen LogP contribution in [0.1, 0.15) is 0 Å². The summed E-state index contributed by atoms with van der Waals surface area (Å²) < 4.78 is 17.3. The number of ether oxygens (including phenoxy) is 3. The monoisotopic (exact) mass is 447 g/mol. The Bertz CT molecular complexity index is 820. The third-order valence-electron chi connectivity index (χ3n) is 3.09. The number of benzene rings is 2. The number of hydrogen-bond donors (Lipinski definition) is 0. The first kappa shape index (κ1) is 17.2. The number of aromatic nitrogens is 1. The average Bonchev–Trinajstić information content (AvgIpc) is 2.64. The van der Waals surface area contributed by atoms with Crippen molar-refractivity contribution in [2.24, 2.45) is 0 Å². The quantitative estimate of drug-likeness (QED) is 0.317. The summed E-state index contributed by atoms with van der Waals surface area (Å²) in [4.78, 5) is 15.9. The summed E-state index contributed by atoms with van der Waals surface area (Å²) in [6.07, 6.45) is 1.65. The third-order valence-corrected chi connectivity index (χ3v) is 3.81. The van der Waals surface area contributed by atoms with Gasteiger partial charge in [0.15, 0.2) is 6.61 Å². The van der Waals surface area contributed by atoms with Crippen LogP contribution in [0.15, 0.2) is 72.9 Å². The Morgan fingerprint density at radius 2 is 1.56 bits per heavy atom. The largest absolute Gasteiger partial charge is 0.482 e. The molecule has 5 nitrogen and oxygen atoms in total. The molecule has 0 bridgehead atoms. The number of pyridine rings is 1. The van der Waals surface area contributed by atoms with Crippen LogP contribution >= 0.6 is 22.6 Å². The second-order valence-electron chi connectivity index (χ2n) is 4.96. The van der Waals surface area contributed by atoms with Crippen molar-refractivity contribution < 1.29 is 19.0 Å². The Hall–Kier alpha value is -2.61. The minimum absolute atomic E-state index is 0.160. The zero-order chi connectivity index (χ0) is 17.5. The number of halogens is 1. The fourth-order valence-electron chi connectivity index (χ4n) is 1.94. The molecular weight excluding hydrogens is 433 g/mol. The van der Waals surface area contributed by atoms with Crippen LogP contribution in [0.2, 0.25) is 0 Å². The van der Waals surface area contributed by atoms with Gasteiger partial charge in [-0.1, -0.05) is 6.07 Å². The van der Waals surface area contributed by atoms with Crippen molar-refractivity contribution in [3.05, 3.63) is 76.5 Å². The average molecular weight is 447 g/mol. The predicted molar refractivity (Wildman–Crippen MR) is 101 cm³/mol. The van der Waals surface area contributed by atoms with Crippen LogP contribution in [0.25, 0.3) is 0 Å². The fraction of sp³-hybridized carbons (Fsp3) is 0.0526. The second-order valence-corrected chi connectivity index (χ2v) is 6.20. The molecule has 0 fully saturated rings. The normalized spacial score (nSPS) is 10.1. The van der Waals surface area contributed by atoms with E-state index in [1.165, 1.54) is 0 Å². The molecule has 1 heterocycles. The van der Waals surface area contributed by atoms with E-state index < -0.39 is 5.97 Å². The smallest absolute Gasteiger partial charge is 0.349 e. The molecular formula is C19H14INO4. The Morgan fingerprint density at radius 3 is 2.24 bits per heavy atom. The summed E-state index contributed by atoms with van der Waals surface area (Å²) in [6.45, 7) is -0.160. The van der Waals surface area contributed by atoms with Crippen molar-refractivity contribution in [2.45, 2.75) is 0 Å². The van der Waals surface area contributed by atoms with Crippen LogP contribution in [-0.4, -0.2) is 17.6 Å². The molecule has 0 aliphatic carbocycles. The van der Waals surface area contributed by atoms with Gasteiger partial charge in [-0.25, -0.2) is 9.78 Å². The number of carbonyl (C=O) groups excluding carboxylic acids is 1. The molecule has 25 heavy (non-hydrogen) atoms. The lowest BCUT2D eigenvalue weighted by Gasteiger charge is -2.08. The van der Waals surface area contributed by atoms with Crippen LogP contribution in [-0.2, 0) is 4.79 Å². The summed E-state index contributed by atoms with van der Waals surface area (Å²) in [7, 11) is 0. The highest BCUT2D eigenvalue weighted by Crippen LogP contribution is 2.22. The molecule has 0 saturated carbocycles.